The summed E-state index contributed by atoms with van der Waals surface area (Å²) in [7, 11) is 0. The van der Waals surface area contributed by atoms with Crippen LogP contribution in [0.4, 0.5) is 11.4 Å². The number of nitro benzene ring substituents is 1. The van der Waals surface area contributed by atoms with Gasteiger partial charge in [-0.05, 0) is 24.6 Å². The minimum atomic E-state index is -0.794. The Hall–Kier alpha value is -2.35. The molecule has 8 heteroatoms. The molecule has 0 fully saturated rings. The quantitative estimate of drug-likeness (QED) is 0.464. The smallest absolute Gasteiger partial charge is 0.271 e. The maximum Gasteiger partial charge on any atom is 0.271 e. The minimum absolute atomic E-state index is 0. The van der Waals surface area contributed by atoms with Crippen molar-refractivity contribution in [3.8, 4) is 5.75 Å². The summed E-state index contributed by atoms with van der Waals surface area (Å²) in [4.78, 5) is 10.3. The van der Waals surface area contributed by atoms with Crippen LogP contribution in [-0.2, 0) is 0 Å². The number of para-hydroxylation sites is 1. The molecule has 2 unspecified atom stereocenters. The number of nitrogens with zero attached hydrogens (tertiary/aromatic N) is 1. The van der Waals surface area contributed by atoms with Gasteiger partial charge < -0.3 is 20.9 Å². The molecule has 0 saturated carbocycles. The predicted octanol–water partition coefficient (Wildman–Crippen LogP) is 2.59. The zero-order chi connectivity index (χ0) is 17.4. The number of halogens is 1. The highest BCUT2D eigenvalue weighted by Crippen LogP contribution is 2.17. The summed E-state index contributed by atoms with van der Waals surface area (Å²) in [5.41, 5.74) is 6.62. The van der Waals surface area contributed by atoms with Crippen LogP contribution in [0.1, 0.15) is 6.42 Å². The molecule has 0 radical (unpaired) electrons. The van der Waals surface area contributed by atoms with Crippen LogP contribution in [0.25, 0.3) is 0 Å². The fourth-order valence-electron chi connectivity index (χ4n) is 2.13. The van der Waals surface area contributed by atoms with Crippen molar-refractivity contribution in [2.75, 3.05) is 18.5 Å². The molecule has 0 amide bonds. The lowest BCUT2D eigenvalue weighted by Crippen LogP contribution is -2.40. The molecule has 0 aliphatic carbocycles. The zero-order valence-corrected chi connectivity index (χ0v) is 14.4. The molecule has 2 aromatic carbocycles. The number of nitrogens with one attached hydrogen (secondary N) is 1. The third-order valence-electron chi connectivity index (χ3n) is 3.52. The Labute approximate surface area is 152 Å². The SMILES string of the molecule is Cl.NC(CCNc1cccc([N+](=O)[O-])c1)C(O)COc1ccccc1. The number of nitro groups is 1. The summed E-state index contributed by atoms with van der Waals surface area (Å²) < 4.78 is 5.47. The molecular formula is C17H22ClN3O4. The van der Waals surface area contributed by atoms with Gasteiger partial charge in [0.2, 0.25) is 0 Å². The molecule has 0 saturated heterocycles. The molecule has 2 aromatic rings. The maximum atomic E-state index is 10.7. The van der Waals surface area contributed by atoms with Crippen LogP contribution in [-0.4, -0.2) is 35.3 Å². The number of benzene rings is 2. The summed E-state index contributed by atoms with van der Waals surface area (Å²) in [5.74, 6) is 0.679. The van der Waals surface area contributed by atoms with Crippen LogP contribution in [0, 0.1) is 10.1 Å². The van der Waals surface area contributed by atoms with E-state index in [-0.39, 0.29) is 24.7 Å². The van der Waals surface area contributed by atoms with E-state index in [4.69, 9.17) is 10.5 Å². The molecule has 7 nitrogen and oxygen atoms in total. The van der Waals surface area contributed by atoms with Crippen LogP contribution >= 0.6 is 12.4 Å². The van der Waals surface area contributed by atoms with Crippen LogP contribution < -0.4 is 15.8 Å². The van der Waals surface area contributed by atoms with Crippen molar-refractivity contribution in [3.63, 3.8) is 0 Å². The zero-order valence-electron chi connectivity index (χ0n) is 13.6. The Morgan fingerprint density at radius 2 is 1.92 bits per heavy atom. The Bertz CT molecular complexity index is 657. The van der Waals surface area contributed by atoms with Crippen LogP contribution in [0.3, 0.4) is 0 Å². The van der Waals surface area contributed by atoms with Gasteiger partial charge in [0.1, 0.15) is 18.5 Å². The standard InChI is InChI=1S/C17H21N3O4.ClH/c18-16(17(21)12-24-15-7-2-1-3-8-15)9-10-19-13-5-4-6-14(11-13)20(22)23;/h1-8,11,16-17,19,21H,9-10,12,18H2;1H. The number of aliphatic hydroxyl groups excluding tert-OH is 1. The monoisotopic (exact) mass is 367 g/mol. The van der Waals surface area contributed by atoms with E-state index in [9.17, 15) is 15.2 Å². The van der Waals surface area contributed by atoms with E-state index >= 15 is 0 Å². The first-order valence-corrected chi connectivity index (χ1v) is 7.66. The van der Waals surface area contributed by atoms with E-state index < -0.39 is 17.1 Å². The third-order valence-corrected chi connectivity index (χ3v) is 3.52. The van der Waals surface area contributed by atoms with Crippen molar-refractivity contribution in [2.45, 2.75) is 18.6 Å². The minimum Gasteiger partial charge on any atom is -0.491 e. The first-order chi connectivity index (χ1) is 11.6. The molecule has 2 rings (SSSR count). The lowest BCUT2D eigenvalue weighted by molar-refractivity contribution is -0.384. The molecular weight excluding hydrogens is 346 g/mol. The number of non-ortho nitro benzene ring substituents is 1. The first kappa shape index (κ1) is 20.7. The van der Waals surface area contributed by atoms with Crippen molar-refractivity contribution in [1.29, 1.82) is 0 Å². The van der Waals surface area contributed by atoms with E-state index in [0.29, 0.717) is 24.4 Å². The van der Waals surface area contributed by atoms with E-state index in [1.54, 1.807) is 12.1 Å². The van der Waals surface area contributed by atoms with E-state index in [2.05, 4.69) is 5.32 Å². The number of rotatable bonds is 9. The number of nitrogens with two attached hydrogens (primary N) is 1. The van der Waals surface area contributed by atoms with Crippen molar-refractivity contribution in [3.05, 3.63) is 64.7 Å². The fraction of sp³-hybridized carbons (Fsp3) is 0.294. The Morgan fingerprint density at radius 1 is 1.20 bits per heavy atom. The molecule has 0 spiro atoms. The van der Waals surface area contributed by atoms with Crippen molar-refractivity contribution >= 4 is 23.8 Å². The average Bonchev–Trinajstić information content (AvgIpc) is 2.60. The van der Waals surface area contributed by atoms with Gasteiger partial charge in [0.25, 0.3) is 5.69 Å². The van der Waals surface area contributed by atoms with E-state index in [0.717, 1.165) is 0 Å². The largest absolute Gasteiger partial charge is 0.491 e. The Kier molecular flexibility index (Phi) is 8.69. The highest BCUT2D eigenvalue weighted by Gasteiger charge is 2.15. The van der Waals surface area contributed by atoms with Gasteiger partial charge in [-0.3, -0.25) is 10.1 Å². The van der Waals surface area contributed by atoms with Crippen LogP contribution in [0.15, 0.2) is 54.6 Å². The van der Waals surface area contributed by atoms with Gasteiger partial charge in [-0.1, -0.05) is 24.3 Å². The number of hydrogen-bond acceptors (Lipinski definition) is 6. The Balaban J connectivity index is 0.00000312. The van der Waals surface area contributed by atoms with Gasteiger partial charge in [0.05, 0.1) is 4.92 Å². The molecule has 136 valence electrons. The second-order valence-corrected chi connectivity index (χ2v) is 5.38. The summed E-state index contributed by atoms with van der Waals surface area (Å²) in [6.07, 6.45) is -0.292. The van der Waals surface area contributed by atoms with Crippen molar-refractivity contribution in [2.24, 2.45) is 5.73 Å². The van der Waals surface area contributed by atoms with Crippen molar-refractivity contribution in [1.82, 2.24) is 0 Å². The van der Waals surface area contributed by atoms with Gasteiger partial charge in [-0.25, -0.2) is 0 Å². The first-order valence-electron chi connectivity index (χ1n) is 7.66. The number of aliphatic hydroxyl groups is 1. The van der Waals surface area contributed by atoms with Gasteiger partial charge in [0.15, 0.2) is 0 Å². The molecule has 4 N–H and O–H groups in total. The highest BCUT2D eigenvalue weighted by molar-refractivity contribution is 5.85. The third kappa shape index (κ3) is 6.96. The molecule has 0 bridgehead atoms. The predicted molar refractivity (Wildman–Crippen MR) is 99.4 cm³/mol. The fourth-order valence-corrected chi connectivity index (χ4v) is 2.13. The summed E-state index contributed by atoms with van der Waals surface area (Å²) >= 11 is 0. The summed E-state index contributed by atoms with van der Waals surface area (Å²) in [6.45, 7) is 0.604. The molecule has 0 aromatic heterocycles. The number of ether oxygens (including phenoxy) is 1. The van der Waals surface area contributed by atoms with E-state index in [1.165, 1.54) is 12.1 Å². The highest BCUT2D eigenvalue weighted by atomic mass is 35.5. The van der Waals surface area contributed by atoms with Gasteiger partial charge in [-0.15, -0.1) is 12.4 Å². The topological polar surface area (TPSA) is 111 Å². The lowest BCUT2D eigenvalue weighted by Gasteiger charge is -2.19. The average molecular weight is 368 g/mol. The van der Waals surface area contributed by atoms with E-state index in [1.807, 2.05) is 30.3 Å². The number of hydrogen-bond donors (Lipinski definition) is 3. The lowest BCUT2D eigenvalue weighted by atomic mass is 10.1. The van der Waals surface area contributed by atoms with Crippen LogP contribution in [0.5, 0.6) is 5.75 Å². The summed E-state index contributed by atoms with van der Waals surface area (Å²) in [6, 6.07) is 15.0. The van der Waals surface area contributed by atoms with Gasteiger partial charge in [-0.2, -0.15) is 0 Å². The second-order valence-electron chi connectivity index (χ2n) is 5.38. The molecule has 0 aliphatic rings. The second kappa shape index (κ2) is 10.5. The van der Waals surface area contributed by atoms with Gasteiger partial charge >= 0.3 is 0 Å². The maximum absolute atomic E-state index is 10.7. The molecule has 2 atom stereocenters. The summed E-state index contributed by atoms with van der Waals surface area (Å²) in [5, 5.41) is 23.8. The normalized spacial score (nSPS) is 12.6. The Morgan fingerprint density at radius 3 is 2.60 bits per heavy atom. The number of anilines is 1. The molecule has 25 heavy (non-hydrogen) atoms. The van der Waals surface area contributed by atoms with Gasteiger partial charge in [0, 0.05) is 30.4 Å². The van der Waals surface area contributed by atoms with Crippen molar-refractivity contribution < 1.29 is 14.8 Å². The van der Waals surface area contributed by atoms with Crippen LogP contribution in [0.2, 0.25) is 0 Å². The molecule has 0 aliphatic heterocycles. The molecule has 0 heterocycles.